The molecule has 0 heterocycles. The molecule has 2 aromatic carbocycles. The van der Waals surface area contributed by atoms with Crippen molar-refractivity contribution in [3.8, 4) is 6.07 Å². The van der Waals surface area contributed by atoms with Crippen molar-refractivity contribution in [3.05, 3.63) is 76.6 Å². The zero-order chi connectivity index (χ0) is 17.3. The maximum atomic E-state index is 13.3. The van der Waals surface area contributed by atoms with Crippen LogP contribution in [0.15, 0.2) is 54.1 Å². The largest absolute Gasteiger partial charge is 0.466 e. The Morgan fingerprint density at radius 3 is 2.54 bits per heavy atom. The van der Waals surface area contributed by atoms with E-state index < -0.39 is 11.4 Å². The van der Waals surface area contributed by atoms with E-state index in [0.29, 0.717) is 22.4 Å². The Balaban J connectivity index is 2.30. The lowest BCUT2D eigenvalue weighted by Crippen LogP contribution is -2.34. The van der Waals surface area contributed by atoms with E-state index in [1.54, 1.807) is 24.3 Å². The number of nitriles is 1. The highest BCUT2D eigenvalue weighted by Crippen LogP contribution is 2.45. The molecule has 120 valence electrons. The molecule has 5 heteroatoms. The number of nitrogens with zero attached hydrogens (tertiary/aromatic N) is 1. The minimum atomic E-state index is -1.13. The van der Waals surface area contributed by atoms with Crippen LogP contribution in [0.5, 0.6) is 0 Å². The molecular formula is C19H15FN2O2. The van der Waals surface area contributed by atoms with Crippen molar-refractivity contribution >= 4 is 11.7 Å². The molecule has 2 aromatic rings. The van der Waals surface area contributed by atoms with Gasteiger partial charge in [-0.05, 0) is 23.3 Å². The van der Waals surface area contributed by atoms with E-state index in [1.165, 1.54) is 19.2 Å². The molecule has 1 aliphatic carbocycles. The fourth-order valence-electron chi connectivity index (χ4n) is 3.17. The van der Waals surface area contributed by atoms with Crippen LogP contribution in [0, 0.1) is 17.1 Å². The van der Waals surface area contributed by atoms with Crippen molar-refractivity contribution in [2.75, 3.05) is 7.11 Å². The summed E-state index contributed by atoms with van der Waals surface area (Å²) >= 11 is 0. The molecule has 24 heavy (non-hydrogen) atoms. The summed E-state index contributed by atoms with van der Waals surface area (Å²) in [5, 5.41) is 10.0. The predicted octanol–water partition coefficient (Wildman–Crippen LogP) is 2.88. The van der Waals surface area contributed by atoms with E-state index in [1.807, 2.05) is 12.1 Å². The summed E-state index contributed by atoms with van der Waals surface area (Å²) in [6, 6.07) is 15.2. The molecule has 2 N–H and O–H groups in total. The molecule has 0 aliphatic heterocycles. The van der Waals surface area contributed by atoms with E-state index in [4.69, 9.17) is 10.5 Å². The first-order valence-corrected chi connectivity index (χ1v) is 7.37. The van der Waals surface area contributed by atoms with Crippen LogP contribution in [0.1, 0.15) is 23.1 Å². The monoisotopic (exact) mass is 322 g/mol. The maximum absolute atomic E-state index is 13.3. The number of hydrogen-bond donors (Lipinski definition) is 1. The van der Waals surface area contributed by atoms with Crippen LogP contribution in [0.3, 0.4) is 0 Å². The molecule has 1 unspecified atom stereocenters. The van der Waals surface area contributed by atoms with E-state index in [9.17, 15) is 14.4 Å². The Morgan fingerprint density at radius 1 is 1.25 bits per heavy atom. The first-order valence-electron chi connectivity index (χ1n) is 7.37. The Kier molecular flexibility index (Phi) is 3.82. The number of hydrogen-bond acceptors (Lipinski definition) is 4. The van der Waals surface area contributed by atoms with Gasteiger partial charge in [0.1, 0.15) is 11.2 Å². The lowest BCUT2D eigenvalue weighted by Gasteiger charge is -2.34. The molecular weight excluding hydrogens is 307 g/mol. The number of ether oxygens (including phenoxy) is 1. The molecule has 1 aliphatic rings. The Bertz CT molecular complexity index is 881. The van der Waals surface area contributed by atoms with Gasteiger partial charge in [-0.25, -0.2) is 9.18 Å². The number of carbonyl (C=O) groups excluding carboxylic acids is 1. The number of carbonyl (C=O) groups is 1. The molecule has 0 spiro atoms. The Labute approximate surface area is 139 Å². The number of nitrogens with two attached hydrogens (primary N) is 1. The second-order valence-electron chi connectivity index (χ2n) is 5.63. The third-order valence-corrected chi connectivity index (χ3v) is 4.40. The minimum absolute atomic E-state index is 0.0741. The van der Waals surface area contributed by atoms with Gasteiger partial charge >= 0.3 is 5.97 Å². The van der Waals surface area contributed by atoms with Crippen LogP contribution in [0.2, 0.25) is 0 Å². The Hall–Kier alpha value is -3.13. The van der Waals surface area contributed by atoms with Gasteiger partial charge in [-0.2, -0.15) is 5.26 Å². The van der Waals surface area contributed by atoms with Crippen LogP contribution in [-0.2, 0) is 14.9 Å². The molecule has 4 nitrogen and oxygen atoms in total. The summed E-state index contributed by atoms with van der Waals surface area (Å²) in [6.45, 7) is 0. The molecule has 0 saturated carbocycles. The molecule has 0 bridgehead atoms. The van der Waals surface area contributed by atoms with Crippen molar-refractivity contribution < 1.29 is 13.9 Å². The van der Waals surface area contributed by atoms with Gasteiger partial charge in [-0.3, -0.25) is 0 Å². The summed E-state index contributed by atoms with van der Waals surface area (Å²) in [4.78, 5) is 12.1. The molecule has 0 aromatic heterocycles. The van der Waals surface area contributed by atoms with Crippen molar-refractivity contribution in [1.82, 2.24) is 0 Å². The van der Waals surface area contributed by atoms with Crippen LogP contribution < -0.4 is 5.73 Å². The third kappa shape index (κ3) is 2.24. The van der Waals surface area contributed by atoms with Gasteiger partial charge in [0.05, 0.1) is 18.8 Å². The molecule has 3 rings (SSSR count). The average molecular weight is 322 g/mol. The quantitative estimate of drug-likeness (QED) is 0.863. The average Bonchev–Trinajstić information content (AvgIpc) is 2.63. The van der Waals surface area contributed by atoms with Crippen molar-refractivity contribution in [3.63, 3.8) is 0 Å². The summed E-state index contributed by atoms with van der Waals surface area (Å²) in [5.41, 5.74) is 7.51. The highest BCUT2D eigenvalue weighted by molar-refractivity contribution is 5.99. The molecule has 1 atom stereocenters. The second-order valence-corrected chi connectivity index (χ2v) is 5.63. The van der Waals surface area contributed by atoms with E-state index in [2.05, 4.69) is 6.07 Å². The maximum Gasteiger partial charge on any atom is 0.335 e. The summed E-state index contributed by atoms with van der Waals surface area (Å²) < 4.78 is 18.1. The predicted molar refractivity (Wildman–Crippen MR) is 87.0 cm³/mol. The van der Waals surface area contributed by atoms with Crippen molar-refractivity contribution in [1.29, 1.82) is 5.26 Å². The van der Waals surface area contributed by atoms with Crippen molar-refractivity contribution in [2.45, 2.75) is 11.8 Å². The molecule has 0 fully saturated rings. The van der Waals surface area contributed by atoms with E-state index >= 15 is 0 Å². The zero-order valence-electron chi connectivity index (χ0n) is 13.0. The van der Waals surface area contributed by atoms with Gasteiger partial charge in [-0.1, -0.05) is 36.4 Å². The molecule has 0 radical (unpaired) electrons. The smallest absolute Gasteiger partial charge is 0.335 e. The first kappa shape index (κ1) is 15.8. The number of fused-ring (bicyclic) bond motifs is 1. The van der Waals surface area contributed by atoms with E-state index in [0.717, 1.165) is 0 Å². The van der Waals surface area contributed by atoms with Gasteiger partial charge in [0.2, 0.25) is 0 Å². The normalized spacial score (nSPS) is 19.4. The lowest BCUT2D eigenvalue weighted by molar-refractivity contribution is -0.136. The van der Waals surface area contributed by atoms with Gasteiger partial charge < -0.3 is 10.5 Å². The standard InChI is InChI=1S/C19H15FN2O2/c1-24-18(23)15-10-19(11-21,12-6-8-13(20)9-7-12)16-5-3-2-4-14(16)17(15)22/h2-9H,10,22H2,1H3. The fourth-order valence-corrected chi connectivity index (χ4v) is 3.17. The minimum Gasteiger partial charge on any atom is -0.466 e. The highest BCUT2D eigenvalue weighted by atomic mass is 19.1. The van der Waals surface area contributed by atoms with Crippen molar-refractivity contribution in [2.24, 2.45) is 5.73 Å². The van der Waals surface area contributed by atoms with E-state index in [-0.39, 0.29) is 17.8 Å². The Morgan fingerprint density at radius 2 is 1.92 bits per heavy atom. The van der Waals surface area contributed by atoms with Gasteiger partial charge in [0.25, 0.3) is 0 Å². The number of benzene rings is 2. The first-order chi connectivity index (χ1) is 11.5. The fraction of sp³-hybridized carbons (Fsp3) is 0.158. The van der Waals surface area contributed by atoms with Crippen LogP contribution >= 0.6 is 0 Å². The summed E-state index contributed by atoms with van der Waals surface area (Å²) in [5.74, 6) is -0.956. The van der Waals surface area contributed by atoms with Crippen LogP contribution in [0.25, 0.3) is 5.70 Å². The number of halogens is 1. The van der Waals surface area contributed by atoms with Gasteiger partial charge in [-0.15, -0.1) is 0 Å². The third-order valence-electron chi connectivity index (χ3n) is 4.40. The summed E-state index contributed by atoms with van der Waals surface area (Å²) in [7, 11) is 1.27. The number of methoxy groups -OCH3 is 1. The second kappa shape index (κ2) is 5.82. The number of rotatable bonds is 2. The topological polar surface area (TPSA) is 76.1 Å². The summed E-state index contributed by atoms with van der Waals surface area (Å²) in [6.07, 6.45) is 0.0741. The number of esters is 1. The molecule has 0 saturated heterocycles. The highest BCUT2D eigenvalue weighted by Gasteiger charge is 2.43. The van der Waals surface area contributed by atoms with Crippen LogP contribution in [-0.4, -0.2) is 13.1 Å². The SMILES string of the molecule is COC(=O)C1=C(N)c2ccccc2C(C#N)(c2ccc(F)cc2)C1. The van der Waals surface area contributed by atoms with Crippen LogP contribution in [0.4, 0.5) is 4.39 Å². The lowest BCUT2D eigenvalue weighted by atomic mass is 9.66. The van der Waals surface area contributed by atoms with Gasteiger partial charge in [0.15, 0.2) is 0 Å². The molecule has 0 amide bonds. The van der Waals surface area contributed by atoms with Gasteiger partial charge in [0, 0.05) is 17.7 Å². The zero-order valence-corrected chi connectivity index (χ0v) is 13.0.